The van der Waals surface area contributed by atoms with Gasteiger partial charge in [0.05, 0.1) is 0 Å². The van der Waals surface area contributed by atoms with Gasteiger partial charge < -0.3 is 10.1 Å². The summed E-state index contributed by atoms with van der Waals surface area (Å²) in [6.07, 6.45) is 2.63. The second kappa shape index (κ2) is 5.54. The van der Waals surface area contributed by atoms with Crippen LogP contribution >= 0.6 is 0 Å². The zero-order valence-electron chi connectivity index (χ0n) is 12.9. The molecule has 0 spiro atoms. The molecule has 1 N–H and O–H groups in total. The molecule has 0 saturated heterocycles. The number of nitrogens with one attached hydrogen (secondary N) is 1. The molecule has 1 saturated carbocycles. The van der Waals surface area contributed by atoms with Crippen molar-refractivity contribution in [2.24, 2.45) is 0 Å². The van der Waals surface area contributed by atoms with Gasteiger partial charge in [0, 0.05) is 12.1 Å². The summed E-state index contributed by atoms with van der Waals surface area (Å²) in [5.41, 5.74) is 1.52. The topological polar surface area (TPSA) is 21.3 Å². The fourth-order valence-electron chi connectivity index (χ4n) is 2.50. The minimum absolute atomic E-state index is 0.181. The van der Waals surface area contributed by atoms with Crippen LogP contribution in [0.15, 0.2) is 24.3 Å². The van der Waals surface area contributed by atoms with Gasteiger partial charge in [-0.05, 0) is 36.0 Å². The highest BCUT2D eigenvalue weighted by Crippen LogP contribution is 2.29. The average molecular weight is 261 g/mol. The third-order valence-corrected chi connectivity index (χ3v) is 3.67. The summed E-state index contributed by atoms with van der Waals surface area (Å²) < 4.78 is 6.06. The van der Waals surface area contributed by atoms with E-state index in [2.05, 4.69) is 64.2 Å². The van der Waals surface area contributed by atoms with E-state index in [1.54, 1.807) is 0 Å². The number of benzene rings is 1. The molecule has 0 aromatic heterocycles. The van der Waals surface area contributed by atoms with Crippen molar-refractivity contribution in [2.45, 2.75) is 71.1 Å². The van der Waals surface area contributed by atoms with Gasteiger partial charge in [0.25, 0.3) is 0 Å². The van der Waals surface area contributed by atoms with Crippen molar-refractivity contribution in [1.29, 1.82) is 0 Å². The fraction of sp³-hybridized carbons (Fsp3) is 0.647. The Hall–Kier alpha value is -1.02. The molecule has 0 bridgehead atoms. The highest BCUT2D eigenvalue weighted by Gasteiger charge is 2.31. The highest BCUT2D eigenvalue weighted by molar-refractivity contribution is 5.32. The molecule has 1 fully saturated rings. The van der Waals surface area contributed by atoms with Gasteiger partial charge in [-0.25, -0.2) is 0 Å². The van der Waals surface area contributed by atoms with Crippen LogP contribution in [0.4, 0.5) is 0 Å². The lowest BCUT2D eigenvalue weighted by atomic mass is 9.86. The summed E-state index contributed by atoms with van der Waals surface area (Å²) in [5.74, 6) is 1.01. The van der Waals surface area contributed by atoms with E-state index in [0.717, 1.165) is 18.6 Å². The average Bonchev–Trinajstić information content (AvgIpc) is 2.25. The Morgan fingerprint density at radius 3 is 2.47 bits per heavy atom. The van der Waals surface area contributed by atoms with Gasteiger partial charge in [-0.1, -0.05) is 46.8 Å². The van der Waals surface area contributed by atoms with Crippen molar-refractivity contribution in [3.63, 3.8) is 0 Å². The molecule has 106 valence electrons. The van der Waals surface area contributed by atoms with E-state index in [9.17, 15) is 0 Å². The Balaban J connectivity index is 1.88. The van der Waals surface area contributed by atoms with Gasteiger partial charge in [0.1, 0.15) is 11.9 Å². The number of hydrogen-bond acceptors (Lipinski definition) is 2. The van der Waals surface area contributed by atoms with E-state index in [1.807, 2.05) is 0 Å². The number of rotatable bonds is 4. The van der Waals surface area contributed by atoms with E-state index in [0.29, 0.717) is 18.2 Å². The molecule has 0 amide bonds. The van der Waals surface area contributed by atoms with E-state index >= 15 is 0 Å². The first-order chi connectivity index (χ1) is 8.84. The van der Waals surface area contributed by atoms with Crippen molar-refractivity contribution < 1.29 is 4.74 Å². The molecule has 2 nitrogen and oxygen atoms in total. The van der Waals surface area contributed by atoms with Crippen LogP contribution in [-0.2, 0) is 5.41 Å². The van der Waals surface area contributed by atoms with Gasteiger partial charge >= 0.3 is 0 Å². The summed E-state index contributed by atoms with van der Waals surface area (Å²) in [5, 5.41) is 3.55. The molecule has 1 aliphatic carbocycles. The van der Waals surface area contributed by atoms with E-state index in [4.69, 9.17) is 4.74 Å². The number of hydrogen-bond donors (Lipinski definition) is 1. The maximum atomic E-state index is 6.06. The van der Waals surface area contributed by atoms with Gasteiger partial charge in [-0.3, -0.25) is 0 Å². The Morgan fingerprint density at radius 2 is 1.89 bits per heavy atom. The number of ether oxygens (including phenoxy) is 1. The maximum Gasteiger partial charge on any atom is 0.120 e. The van der Waals surface area contributed by atoms with Crippen LogP contribution in [-0.4, -0.2) is 18.2 Å². The standard InChI is InChI=1S/C17H27NO/c1-12(2)18-14-10-16(11-14)19-15-8-6-7-13(9-15)17(3,4)5/h6-9,12,14,16,18H,10-11H2,1-5H3/t14-,16-. The molecule has 1 aromatic rings. The van der Waals surface area contributed by atoms with Crippen molar-refractivity contribution in [2.75, 3.05) is 0 Å². The highest BCUT2D eigenvalue weighted by atomic mass is 16.5. The molecule has 0 radical (unpaired) electrons. The molecular weight excluding hydrogens is 234 g/mol. The monoisotopic (exact) mass is 261 g/mol. The van der Waals surface area contributed by atoms with E-state index < -0.39 is 0 Å². The summed E-state index contributed by atoms with van der Waals surface area (Å²) in [6.45, 7) is 11.1. The Labute approximate surface area is 117 Å². The van der Waals surface area contributed by atoms with Gasteiger partial charge in [0.15, 0.2) is 0 Å². The molecular formula is C17H27NO. The predicted octanol–water partition coefficient (Wildman–Crippen LogP) is 3.89. The second-order valence-electron chi connectivity index (χ2n) is 7.01. The van der Waals surface area contributed by atoms with Crippen LogP contribution in [0.3, 0.4) is 0 Å². The van der Waals surface area contributed by atoms with Crippen LogP contribution in [0.5, 0.6) is 5.75 Å². The normalized spacial score (nSPS) is 23.3. The lowest BCUT2D eigenvalue weighted by molar-refractivity contribution is 0.0814. The first-order valence-electron chi connectivity index (χ1n) is 7.38. The van der Waals surface area contributed by atoms with E-state index in [-0.39, 0.29) is 5.41 Å². The quantitative estimate of drug-likeness (QED) is 0.887. The fourth-order valence-corrected chi connectivity index (χ4v) is 2.50. The van der Waals surface area contributed by atoms with E-state index in [1.165, 1.54) is 5.56 Å². The minimum Gasteiger partial charge on any atom is -0.490 e. The smallest absolute Gasteiger partial charge is 0.120 e. The zero-order valence-corrected chi connectivity index (χ0v) is 12.9. The van der Waals surface area contributed by atoms with Gasteiger partial charge in [-0.15, -0.1) is 0 Å². The van der Waals surface area contributed by atoms with Crippen LogP contribution in [0.1, 0.15) is 53.0 Å². The lowest BCUT2D eigenvalue weighted by Gasteiger charge is -2.37. The van der Waals surface area contributed by atoms with Crippen LogP contribution in [0.25, 0.3) is 0 Å². The molecule has 1 aliphatic rings. The Bertz CT molecular complexity index is 414. The molecule has 19 heavy (non-hydrogen) atoms. The first kappa shape index (κ1) is 14.4. The zero-order chi connectivity index (χ0) is 14.0. The molecule has 0 heterocycles. The van der Waals surface area contributed by atoms with Crippen LogP contribution in [0, 0.1) is 0 Å². The molecule has 2 heteroatoms. The SMILES string of the molecule is CC(C)N[C@H]1C[C@H](Oc2cccc(C(C)(C)C)c2)C1. The summed E-state index contributed by atoms with van der Waals surface area (Å²) in [4.78, 5) is 0. The predicted molar refractivity (Wildman–Crippen MR) is 80.9 cm³/mol. The summed E-state index contributed by atoms with van der Waals surface area (Å²) >= 11 is 0. The lowest BCUT2D eigenvalue weighted by Crippen LogP contribution is -2.49. The molecule has 0 unspecified atom stereocenters. The first-order valence-corrected chi connectivity index (χ1v) is 7.38. The largest absolute Gasteiger partial charge is 0.490 e. The molecule has 0 aliphatic heterocycles. The van der Waals surface area contributed by atoms with Gasteiger partial charge in [0.2, 0.25) is 0 Å². The molecule has 0 atom stereocenters. The Morgan fingerprint density at radius 1 is 1.21 bits per heavy atom. The summed E-state index contributed by atoms with van der Waals surface area (Å²) in [6, 6.07) is 9.72. The van der Waals surface area contributed by atoms with Crippen molar-refractivity contribution in [3.8, 4) is 5.75 Å². The third-order valence-electron chi connectivity index (χ3n) is 3.67. The second-order valence-corrected chi connectivity index (χ2v) is 7.01. The molecule has 1 aromatic carbocycles. The summed E-state index contributed by atoms with van der Waals surface area (Å²) in [7, 11) is 0. The van der Waals surface area contributed by atoms with Crippen LogP contribution < -0.4 is 10.1 Å². The molecule has 2 rings (SSSR count). The van der Waals surface area contributed by atoms with Crippen molar-refractivity contribution >= 4 is 0 Å². The third kappa shape index (κ3) is 3.97. The maximum absolute atomic E-state index is 6.06. The van der Waals surface area contributed by atoms with Crippen molar-refractivity contribution in [3.05, 3.63) is 29.8 Å². The minimum atomic E-state index is 0.181. The van der Waals surface area contributed by atoms with Crippen molar-refractivity contribution in [1.82, 2.24) is 5.32 Å². The Kier molecular flexibility index (Phi) is 4.19. The van der Waals surface area contributed by atoms with Crippen LogP contribution in [0.2, 0.25) is 0 Å². The van der Waals surface area contributed by atoms with Gasteiger partial charge in [-0.2, -0.15) is 0 Å².